The molecule has 3 aromatic rings. The summed E-state index contributed by atoms with van der Waals surface area (Å²) < 4.78 is 51.6. The number of halogens is 1. The molecule has 0 aliphatic heterocycles. The van der Waals surface area contributed by atoms with Crippen LogP contribution in [0.5, 0.6) is 5.75 Å². The van der Waals surface area contributed by atoms with Gasteiger partial charge in [-0.15, -0.1) is 0 Å². The van der Waals surface area contributed by atoms with Crippen LogP contribution in [0.2, 0.25) is 0 Å². The van der Waals surface area contributed by atoms with Gasteiger partial charge in [0, 0.05) is 37.5 Å². The van der Waals surface area contributed by atoms with Crippen LogP contribution in [0.15, 0.2) is 50.5 Å². The number of ether oxygens (including phenoxy) is 1. The summed E-state index contributed by atoms with van der Waals surface area (Å²) in [7, 11) is -1.51. The van der Waals surface area contributed by atoms with Crippen LogP contribution < -0.4 is 21.8 Å². The Kier molecular flexibility index (Phi) is 8.17. The van der Waals surface area contributed by atoms with E-state index < -0.39 is 58.2 Å². The quantitative estimate of drug-likeness (QED) is 0.369. The molecule has 0 spiro atoms. The Labute approximate surface area is 216 Å². The fraction of sp³-hybridized carbons (Fsp3) is 0.250. The van der Waals surface area contributed by atoms with Gasteiger partial charge in [0.2, 0.25) is 21.8 Å². The van der Waals surface area contributed by atoms with Crippen LogP contribution in [-0.2, 0) is 26.0 Å². The average molecular weight is 549 g/mol. The van der Waals surface area contributed by atoms with Crippen molar-refractivity contribution in [2.45, 2.75) is 18.2 Å². The first-order valence-electron chi connectivity index (χ1n) is 11.0. The summed E-state index contributed by atoms with van der Waals surface area (Å²) in [5.74, 6) is -3.24. The van der Waals surface area contributed by atoms with E-state index in [1.165, 1.54) is 32.3 Å². The molecule has 12 nitrogen and oxygen atoms in total. The average Bonchev–Trinajstić information content (AvgIpc) is 2.82. The number of amides is 3. The zero-order valence-electron chi connectivity index (χ0n) is 20.7. The second kappa shape index (κ2) is 11.0. The number of sulfonamides is 1. The van der Waals surface area contributed by atoms with Gasteiger partial charge in [-0.25, -0.2) is 22.4 Å². The number of nitrogens with zero attached hydrogens (tertiary/aromatic N) is 2. The maximum absolute atomic E-state index is 14.7. The van der Waals surface area contributed by atoms with E-state index in [-0.39, 0.29) is 27.8 Å². The van der Waals surface area contributed by atoms with Crippen molar-refractivity contribution in [1.82, 2.24) is 9.21 Å². The fourth-order valence-electron chi connectivity index (χ4n) is 3.60. The first kappa shape index (κ1) is 28.3. The van der Waals surface area contributed by atoms with E-state index in [0.717, 1.165) is 17.0 Å². The van der Waals surface area contributed by atoms with E-state index in [1.807, 2.05) is 0 Å². The largest absolute Gasteiger partial charge is 0.422 e. The number of hydrogen-bond acceptors (Lipinski definition) is 8. The summed E-state index contributed by atoms with van der Waals surface area (Å²) in [5, 5.41) is 0.250. The number of aryl methyl sites for hydroxylation is 1. The molecule has 0 bridgehead atoms. The Bertz CT molecular complexity index is 1580. The molecule has 0 aliphatic rings. The minimum absolute atomic E-state index is 0.0101. The van der Waals surface area contributed by atoms with Crippen molar-refractivity contribution >= 4 is 38.9 Å². The van der Waals surface area contributed by atoms with Gasteiger partial charge >= 0.3 is 11.7 Å². The minimum Gasteiger partial charge on any atom is -0.422 e. The first-order chi connectivity index (χ1) is 17.7. The van der Waals surface area contributed by atoms with E-state index in [0.29, 0.717) is 15.4 Å². The molecule has 0 saturated carbocycles. The van der Waals surface area contributed by atoms with Crippen LogP contribution in [0.3, 0.4) is 0 Å². The Morgan fingerprint density at radius 3 is 2.26 bits per heavy atom. The van der Waals surface area contributed by atoms with Gasteiger partial charge in [0.05, 0.1) is 18.0 Å². The monoisotopic (exact) mass is 548 g/mol. The Morgan fingerprint density at radius 2 is 1.68 bits per heavy atom. The maximum atomic E-state index is 14.7. The molecule has 4 N–H and O–H groups in total. The Morgan fingerprint density at radius 1 is 1.05 bits per heavy atom. The van der Waals surface area contributed by atoms with E-state index in [4.69, 9.17) is 20.6 Å². The molecule has 202 valence electrons. The third-order valence-corrected chi connectivity index (χ3v) is 7.27. The Hall–Kier alpha value is -4.30. The highest BCUT2D eigenvalue weighted by Crippen LogP contribution is 2.29. The topological polar surface area (TPSA) is 183 Å². The van der Waals surface area contributed by atoms with E-state index >= 15 is 0 Å². The minimum atomic E-state index is -4.35. The number of carbonyl (C=O) groups excluding carboxylic acids is 3. The van der Waals surface area contributed by atoms with Gasteiger partial charge in [-0.2, -0.15) is 4.31 Å². The molecule has 0 atom stereocenters. The van der Waals surface area contributed by atoms with Gasteiger partial charge in [-0.3, -0.25) is 9.59 Å². The predicted molar refractivity (Wildman–Crippen MR) is 133 cm³/mol. The number of carbonyl (C=O) groups is 3. The molecular formula is C24H25FN4O8S. The summed E-state index contributed by atoms with van der Waals surface area (Å²) in [6.45, 7) is 0.0438. The second-order valence-electron chi connectivity index (χ2n) is 8.56. The SMILES string of the molecule is Cc1c(Cc2cccc(S(=O)(=O)N(CC(N)=O)CC(N)=O)c2)c(=O)oc2cc(OC(=O)N(C)C)c(F)cc12. The lowest BCUT2D eigenvalue weighted by atomic mass is 9.99. The molecule has 0 fully saturated rings. The van der Waals surface area contributed by atoms with E-state index in [2.05, 4.69) is 0 Å². The molecule has 1 aromatic heterocycles. The van der Waals surface area contributed by atoms with Crippen LogP contribution in [0, 0.1) is 12.7 Å². The lowest BCUT2D eigenvalue weighted by Crippen LogP contribution is -2.43. The molecule has 14 heteroatoms. The van der Waals surface area contributed by atoms with Gasteiger partial charge < -0.3 is 25.5 Å². The summed E-state index contributed by atoms with van der Waals surface area (Å²) in [6, 6.07) is 7.65. The first-order valence-corrected chi connectivity index (χ1v) is 12.5. The van der Waals surface area contributed by atoms with Gasteiger partial charge in [0.1, 0.15) is 5.58 Å². The third-order valence-electron chi connectivity index (χ3n) is 5.48. The number of primary amides is 2. The highest BCUT2D eigenvalue weighted by Gasteiger charge is 2.28. The summed E-state index contributed by atoms with van der Waals surface area (Å²) in [6.07, 6.45) is -0.906. The number of rotatable bonds is 9. The van der Waals surface area contributed by atoms with Crippen LogP contribution in [0.4, 0.5) is 9.18 Å². The van der Waals surface area contributed by atoms with Crippen molar-refractivity contribution in [1.29, 1.82) is 0 Å². The standard InChI is InChI=1S/C24H25FN4O8S/c1-13-16-9-18(25)20(37-24(33)28(2)3)10-19(16)36-23(32)17(13)8-14-5-4-6-15(7-14)38(34,35)29(11-21(26)30)12-22(27)31/h4-7,9-10H,8,11-12H2,1-3H3,(H2,26,30)(H2,27,31). The normalized spacial score (nSPS) is 11.5. The van der Waals surface area contributed by atoms with E-state index in [1.54, 1.807) is 13.0 Å². The molecular weight excluding hydrogens is 523 g/mol. The van der Waals surface area contributed by atoms with Crippen LogP contribution >= 0.6 is 0 Å². The van der Waals surface area contributed by atoms with Crippen molar-refractivity contribution in [3.05, 3.63) is 69.3 Å². The lowest BCUT2D eigenvalue weighted by molar-refractivity contribution is -0.120. The highest BCUT2D eigenvalue weighted by molar-refractivity contribution is 7.89. The van der Waals surface area contributed by atoms with Crippen molar-refractivity contribution < 1.29 is 36.3 Å². The molecule has 1 heterocycles. The predicted octanol–water partition coefficient (Wildman–Crippen LogP) is 0.853. The zero-order valence-corrected chi connectivity index (χ0v) is 21.5. The number of nitrogens with two attached hydrogens (primary N) is 2. The summed E-state index contributed by atoms with van der Waals surface area (Å²) >= 11 is 0. The van der Waals surface area contributed by atoms with E-state index in [9.17, 15) is 32.0 Å². The number of hydrogen-bond donors (Lipinski definition) is 2. The van der Waals surface area contributed by atoms with Gasteiger partial charge in [0.25, 0.3) is 0 Å². The Balaban J connectivity index is 2.00. The molecule has 0 aliphatic carbocycles. The molecule has 38 heavy (non-hydrogen) atoms. The lowest BCUT2D eigenvalue weighted by Gasteiger charge is -2.19. The van der Waals surface area contributed by atoms with Crippen molar-refractivity contribution in [3.63, 3.8) is 0 Å². The van der Waals surface area contributed by atoms with Crippen molar-refractivity contribution in [3.8, 4) is 5.75 Å². The van der Waals surface area contributed by atoms with Crippen LogP contribution in [-0.4, -0.2) is 62.7 Å². The smallest absolute Gasteiger partial charge is 0.414 e. The third kappa shape index (κ3) is 6.15. The van der Waals surface area contributed by atoms with Crippen molar-refractivity contribution in [2.24, 2.45) is 11.5 Å². The highest BCUT2D eigenvalue weighted by atomic mass is 32.2. The maximum Gasteiger partial charge on any atom is 0.414 e. The fourth-order valence-corrected chi connectivity index (χ4v) is 5.04. The van der Waals surface area contributed by atoms with Gasteiger partial charge in [-0.05, 0) is 36.2 Å². The van der Waals surface area contributed by atoms with Gasteiger partial charge in [0.15, 0.2) is 11.6 Å². The molecule has 0 unspecified atom stereocenters. The van der Waals surface area contributed by atoms with Gasteiger partial charge in [-0.1, -0.05) is 12.1 Å². The number of benzene rings is 2. The molecule has 3 amide bonds. The second-order valence-corrected chi connectivity index (χ2v) is 10.5. The number of fused-ring (bicyclic) bond motifs is 1. The molecule has 0 saturated heterocycles. The molecule has 0 radical (unpaired) electrons. The molecule has 2 aromatic carbocycles. The zero-order chi connectivity index (χ0) is 28.4. The van der Waals surface area contributed by atoms with Crippen LogP contribution in [0.25, 0.3) is 11.0 Å². The van der Waals surface area contributed by atoms with Crippen molar-refractivity contribution in [2.75, 3.05) is 27.2 Å². The van der Waals surface area contributed by atoms with Crippen LogP contribution in [0.1, 0.15) is 16.7 Å². The molecule has 3 rings (SSSR count). The summed E-state index contributed by atoms with van der Waals surface area (Å²) in [5.41, 5.74) is 10.3. The summed E-state index contributed by atoms with van der Waals surface area (Å²) in [4.78, 5) is 48.1.